The molecule has 0 bridgehead atoms. The molecule has 204 valence electrons. The van der Waals surface area contributed by atoms with Crippen LogP contribution in [0, 0.1) is 5.41 Å². The van der Waals surface area contributed by atoms with Gasteiger partial charge in [0.2, 0.25) is 0 Å². The molecule has 3 aromatic carbocycles. The Balaban J connectivity index is 1.59. The number of carbonyl (C=O) groups is 3. The Hall–Kier alpha value is -4.20. The Labute approximate surface area is 245 Å². The van der Waals surface area contributed by atoms with Gasteiger partial charge in [0.05, 0.1) is 25.1 Å². The Kier molecular flexibility index (Phi) is 5.92. The van der Waals surface area contributed by atoms with Crippen LogP contribution >= 0.6 is 22.9 Å². The SMILES string of the molecule is COc1ccc(OC)c([C@@H]2[C@H](C(=O)c3cccs3)N3c4ccc(Cl)cc4C=C[C@@H]3C23C(=O)c2ccccc2C3=O)c1. The summed E-state index contributed by atoms with van der Waals surface area (Å²) in [5.74, 6) is -0.675. The highest BCUT2D eigenvalue weighted by atomic mass is 35.5. The fraction of sp³-hybridized carbons (Fsp3) is 0.182. The third kappa shape index (κ3) is 3.46. The number of halogens is 1. The molecule has 0 saturated carbocycles. The summed E-state index contributed by atoms with van der Waals surface area (Å²) >= 11 is 7.70. The van der Waals surface area contributed by atoms with E-state index in [1.54, 1.807) is 68.8 Å². The summed E-state index contributed by atoms with van der Waals surface area (Å²) in [4.78, 5) is 46.6. The normalized spacial score (nSPS) is 21.5. The summed E-state index contributed by atoms with van der Waals surface area (Å²) in [6.07, 6.45) is 3.77. The minimum Gasteiger partial charge on any atom is -0.497 e. The van der Waals surface area contributed by atoms with Gasteiger partial charge in [0.15, 0.2) is 17.3 Å². The minimum atomic E-state index is -1.63. The Bertz CT molecular complexity index is 1740. The van der Waals surface area contributed by atoms with Gasteiger partial charge >= 0.3 is 0 Å². The van der Waals surface area contributed by atoms with Crippen LogP contribution in [-0.2, 0) is 0 Å². The van der Waals surface area contributed by atoms with Crippen LogP contribution < -0.4 is 14.4 Å². The maximum absolute atomic E-state index is 14.8. The molecule has 1 aromatic heterocycles. The fourth-order valence-electron chi connectivity index (χ4n) is 6.94. The van der Waals surface area contributed by atoms with Crippen LogP contribution in [0.2, 0.25) is 5.02 Å². The lowest BCUT2D eigenvalue weighted by Gasteiger charge is -2.37. The number of anilines is 1. The van der Waals surface area contributed by atoms with Crippen molar-refractivity contribution in [2.24, 2.45) is 5.41 Å². The van der Waals surface area contributed by atoms with Gasteiger partial charge in [-0.25, -0.2) is 0 Å². The Morgan fingerprint density at radius 3 is 2.34 bits per heavy atom. The van der Waals surface area contributed by atoms with Crippen molar-refractivity contribution >= 4 is 52.1 Å². The van der Waals surface area contributed by atoms with Crippen LogP contribution in [-0.4, -0.2) is 43.7 Å². The van der Waals surface area contributed by atoms with Crippen molar-refractivity contribution in [2.75, 3.05) is 19.1 Å². The number of rotatable bonds is 5. The van der Waals surface area contributed by atoms with Crippen molar-refractivity contribution in [3.05, 3.63) is 116 Å². The molecule has 3 aliphatic rings. The number of Topliss-reactive ketones (excluding diaryl/α,β-unsaturated/α-hetero) is 3. The second-order valence-electron chi connectivity index (χ2n) is 10.4. The first kappa shape index (κ1) is 25.7. The zero-order valence-electron chi connectivity index (χ0n) is 22.2. The molecule has 8 heteroatoms. The summed E-state index contributed by atoms with van der Waals surface area (Å²) in [7, 11) is 3.10. The van der Waals surface area contributed by atoms with E-state index in [0.29, 0.717) is 38.1 Å². The maximum Gasteiger partial charge on any atom is 0.195 e. The zero-order valence-corrected chi connectivity index (χ0v) is 23.7. The molecule has 1 saturated heterocycles. The first-order valence-corrected chi connectivity index (χ1v) is 14.4. The molecule has 1 spiro atoms. The van der Waals surface area contributed by atoms with E-state index >= 15 is 0 Å². The number of ketones is 3. The van der Waals surface area contributed by atoms with Crippen molar-refractivity contribution in [3.63, 3.8) is 0 Å². The molecular formula is C33H24ClNO5S. The number of hydrogen-bond acceptors (Lipinski definition) is 7. The molecule has 1 fully saturated rings. The molecule has 6 nitrogen and oxygen atoms in total. The predicted molar refractivity (Wildman–Crippen MR) is 159 cm³/mol. The number of thiophene rings is 1. The van der Waals surface area contributed by atoms with Crippen molar-refractivity contribution in [2.45, 2.75) is 18.0 Å². The average Bonchev–Trinajstić information content (AvgIpc) is 3.70. The highest BCUT2D eigenvalue weighted by Crippen LogP contribution is 2.62. The molecule has 0 amide bonds. The highest BCUT2D eigenvalue weighted by Gasteiger charge is 2.72. The lowest BCUT2D eigenvalue weighted by atomic mass is 9.64. The minimum absolute atomic E-state index is 0.176. The molecule has 2 aliphatic heterocycles. The third-order valence-electron chi connectivity index (χ3n) is 8.57. The Morgan fingerprint density at radius 1 is 0.927 bits per heavy atom. The van der Waals surface area contributed by atoms with E-state index in [0.717, 1.165) is 11.3 Å². The van der Waals surface area contributed by atoms with Crippen molar-refractivity contribution in [3.8, 4) is 11.5 Å². The summed E-state index contributed by atoms with van der Waals surface area (Å²) in [5, 5.41) is 2.40. The second-order valence-corrected chi connectivity index (χ2v) is 11.7. The van der Waals surface area contributed by atoms with E-state index in [4.69, 9.17) is 21.1 Å². The van der Waals surface area contributed by atoms with Crippen LogP contribution in [0.1, 0.15) is 47.4 Å². The van der Waals surface area contributed by atoms with Crippen LogP contribution in [0.3, 0.4) is 0 Å². The van der Waals surface area contributed by atoms with E-state index in [-0.39, 0.29) is 17.3 Å². The van der Waals surface area contributed by atoms with Gasteiger partial charge in [-0.05, 0) is 53.4 Å². The topological polar surface area (TPSA) is 72.9 Å². The first-order chi connectivity index (χ1) is 19.9. The van der Waals surface area contributed by atoms with E-state index in [1.165, 1.54) is 11.3 Å². The lowest BCUT2D eigenvalue weighted by molar-refractivity contribution is 0.0664. The van der Waals surface area contributed by atoms with E-state index in [1.807, 2.05) is 40.6 Å². The molecule has 3 atom stereocenters. The monoisotopic (exact) mass is 581 g/mol. The third-order valence-corrected chi connectivity index (χ3v) is 9.69. The van der Waals surface area contributed by atoms with Crippen LogP contribution in [0.25, 0.3) is 6.08 Å². The van der Waals surface area contributed by atoms with Gasteiger partial charge in [0, 0.05) is 33.3 Å². The van der Waals surface area contributed by atoms with Gasteiger partial charge < -0.3 is 14.4 Å². The smallest absolute Gasteiger partial charge is 0.195 e. The molecule has 7 rings (SSSR count). The zero-order chi connectivity index (χ0) is 28.5. The lowest BCUT2D eigenvalue weighted by Crippen LogP contribution is -2.48. The average molecular weight is 582 g/mol. The molecule has 0 radical (unpaired) electrons. The summed E-state index contributed by atoms with van der Waals surface area (Å²) in [6.45, 7) is 0. The van der Waals surface area contributed by atoms with Crippen LogP contribution in [0.4, 0.5) is 5.69 Å². The number of nitrogens with zero attached hydrogens (tertiary/aromatic N) is 1. The summed E-state index contributed by atoms with van der Waals surface area (Å²) in [6, 6.07) is 19.6. The number of methoxy groups -OCH3 is 2. The van der Waals surface area contributed by atoms with Crippen LogP contribution in [0.5, 0.6) is 11.5 Å². The summed E-state index contributed by atoms with van der Waals surface area (Å²) < 4.78 is 11.4. The second kappa shape index (κ2) is 9.43. The van der Waals surface area contributed by atoms with Crippen molar-refractivity contribution in [1.29, 1.82) is 0 Å². The van der Waals surface area contributed by atoms with Crippen molar-refractivity contribution < 1.29 is 23.9 Å². The molecule has 1 aliphatic carbocycles. The number of fused-ring (bicyclic) bond motifs is 5. The maximum atomic E-state index is 14.8. The standard InChI is InChI=1S/C33H24ClNO5S/c1-39-20-11-13-25(40-2)23(17-20)28-29(30(36)26-8-5-15-41-26)35-24-12-10-19(34)16-18(24)9-14-27(35)33(28)31(37)21-6-3-4-7-22(21)32(33)38/h3-17,27-29H,1-2H3/t27-,28-,29-/m1/s1. The number of ether oxygens (including phenoxy) is 2. The fourth-order valence-corrected chi connectivity index (χ4v) is 7.82. The van der Waals surface area contributed by atoms with Crippen LogP contribution in [0.15, 0.2) is 84.3 Å². The van der Waals surface area contributed by atoms with Gasteiger partial charge in [-0.3, -0.25) is 14.4 Å². The molecule has 4 aromatic rings. The van der Waals surface area contributed by atoms with Gasteiger partial charge in [-0.1, -0.05) is 54.1 Å². The van der Waals surface area contributed by atoms with Gasteiger partial charge in [0.25, 0.3) is 0 Å². The molecule has 3 heterocycles. The Morgan fingerprint density at radius 2 is 1.68 bits per heavy atom. The van der Waals surface area contributed by atoms with E-state index < -0.39 is 23.4 Å². The van der Waals surface area contributed by atoms with Gasteiger partial charge in [-0.15, -0.1) is 11.3 Å². The highest BCUT2D eigenvalue weighted by molar-refractivity contribution is 7.12. The largest absolute Gasteiger partial charge is 0.497 e. The molecule has 0 N–H and O–H groups in total. The van der Waals surface area contributed by atoms with Gasteiger partial charge in [-0.2, -0.15) is 0 Å². The quantitative estimate of drug-likeness (QED) is 0.192. The number of carbonyl (C=O) groups excluding carboxylic acids is 3. The van der Waals surface area contributed by atoms with Crippen molar-refractivity contribution in [1.82, 2.24) is 0 Å². The molecule has 0 unspecified atom stereocenters. The molecular weight excluding hydrogens is 558 g/mol. The van der Waals surface area contributed by atoms with E-state index in [9.17, 15) is 14.4 Å². The first-order valence-electron chi connectivity index (χ1n) is 13.2. The number of benzene rings is 3. The van der Waals surface area contributed by atoms with E-state index in [2.05, 4.69) is 0 Å². The molecule has 41 heavy (non-hydrogen) atoms. The number of hydrogen-bond donors (Lipinski definition) is 0. The predicted octanol–water partition coefficient (Wildman–Crippen LogP) is 6.74. The summed E-state index contributed by atoms with van der Waals surface area (Å²) in [5.41, 5.74) is 1.20. The van der Waals surface area contributed by atoms with Gasteiger partial charge in [0.1, 0.15) is 23.0 Å².